The second-order valence-corrected chi connectivity index (χ2v) is 6.92. The fourth-order valence-electron chi connectivity index (χ4n) is 3.04. The number of aliphatic hydroxyl groups excluding tert-OH is 1. The van der Waals surface area contributed by atoms with Crippen molar-refractivity contribution in [3.05, 3.63) is 85.9 Å². The van der Waals surface area contributed by atoms with Gasteiger partial charge in [0.25, 0.3) is 11.6 Å². The standard InChI is InChI=1S/C19H16Cl2N2O4/c20-15-16(21)19(25)22(11-10-12-4-2-1-3-5-12)17(15)18(24)13-6-8-14(9-7-13)23(26)27/h1-9,17-18,24H,10-11H2. The molecule has 1 amide bonds. The van der Waals surface area contributed by atoms with Crippen LogP contribution in [0.2, 0.25) is 0 Å². The third kappa shape index (κ3) is 3.98. The molecule has 6 nitrogen and oxygen atoms in total. The van der Waals surface area contributed by atoms with Crippen LogP contribution in [0.25, 0.3) is 0 Å². The number of benzene rings is 2. The third-order valence-corrected chi connectivity index (χ3v) is 5.36. The lowest BCUT2D eigenvalue weighted by Crippen LogP contribution is -2.40. The van der Waals surface area contributed by atoms with E-state index in [1.807, 2.05) is 30.3 Å². The van der Waals surface area contributed by atoms with Crippen molar-refractivity contribution >= 4 is 34.8 Å². The van der Waals surface area contributed by atoms with E-state index in [-0.39, 0.29) is 15.8 Å². The summed E-state index contributed by atoms with van der Waals surface area (Å²) in [6.45, 7) is 0.323. The highest BCUT2D eigenvalue weighted by atomic mass is 35.5. The van der Waals surface area contributed by atoms with Crippen LogP contribution in [0.4, 0.5) is 5.69 Å². The van der Waals surface area contributed by atoms with Gasteiger partial charge in [-0.3, -0.25) is 14.9 Å². The molecule has 0 saturated heterocycles. The normalized spacial score (nSPS) is 18.1. The number of nitrogens with zero attached hydrogens (tertiary/aromatic N) is 2. The number of halogens is 2. The van der Waals surface area contributed by atoms with E-state index < -0.39 is 23.0 Å². The lowest BCUT2D eigenvalue weighted by molar-refractivity contribution is -0.384. The Labute approximate surface area is 165 Å². The zero-order valence-electron chi connectivity index (χ0n) is 14.1. The molecule has 8 heteroatoms. The summed E-state index contributed by atoms with van der Waals surface area (Å²) in [5.74, 6) is -0.441. The smallest absolute Gasteiger partial charge is 0.269 e. The van der Waals surface area contributed by atoms with Crippen molar-refractivity contribution in [2.75, 3.05) is 6.54 Å². The topological polar surface area (TPSA) is 83.7 Å². The number of nitro benzene ring substituents is 1. The van der Waals surface area contributed by atoms with E-state index >= 15 is 0 Å². The van der Waals surface area contributed by atoms with Gasteiger partial charge >= 0.3 is 0 Å². The molecular formula is C19H16Cl2N2O4. The third-order valence-electron chi connectivity index (χ3n) is 4.48. The maximum absolute atomic E-state index is 12.5. The second-order valence-electron chi connectivity index (χ2n) is 6.13. The van der Waals surface area contributed by atoms with Crippen molar-refractivity contribution in [2.24, 2.45) is 0 Å². The summed E-state index contributed by atoms with van der Waals surface area (Å²) < 4.78 is 0. The molecule has 0 saturated carbocycles. The first kappa shape index (κ1) is 19.4. The van der Waals surface area contributed by atoms with E-state index in [1.54, 1.807) is 0 Å². The number of hydrogen-bond donors (Lipinski definition) is 1. The Morgan fingerprint density at radius 1 is 1.11 bits per heavy atom. The summed E-state index contributed by atoms with van der Waals surface area (Å²) >= 11 is 12.3. The van der Waals surface area contributed by atoms with E-state index in [9.17, 15) is 20.0 Å². The van der Waals surface area contributed by atoms with Gasteiger partial charge in [0.15, 0.2) is 0 Å². The van der Waals surface area contributed by atoms with Crippen molar-refractivity contribution < 1.29 is 14.8 Å². The van der Waals surface area contributed by atoms with Gasteiger partial charge in [-0.2, -0.15) is 0 Å². The fourth-order valence-corrected chi connectivity index (χ4v) is 3.58. The SMILES string of the molecule is O=C1C(Cl)=C(Cl)C(C(O)c2ccc([N+](=O)[O-])cc2)N1CCc1ccccc1. The van der Waals surface area contributed by atoms with Crippen molar-refractivity contribution in [3.63, 3.8) is 0 Å². The van der Waals surface area contributed by atoms with Crippen LogP contribution < -0.4 is 0 Å². The van der Waals surface area contributed by atoms with Crippen molar-refractivity contribution in [1.82, 2.24) is 4.90 Å². The van der Waals surface area contributed by atoms with Crippen molar-refractivity contribution in [2.45, 2.75) is 18.6 Å². The Morgan fingerprint density at radius 2 is 1.74 bits per heavy atom. The van der Waals surface area contributed by atoms with Crippen LogP contribution >= 0.6 is 23.2 Å². The van der Waals surface area contributed by atoms with Gasteiger partial charge in [-0.1, -0.05) is 53.5 Å². The summed E-state index contributed by atoms with van der Waals surface area (Å²) in [7, 11) is 0. The number of nitro groups is 1. The molecule has 0 bridgehead atoms. The van der Waals surface area contributed by atoms with Gasteiger partial charge in [-0.25, -0.2) is 0 Å². The van der Waals surface area contributed by atoms with Gasteiger partial charge in [-0.05, 0) is 29.7 Å². The van der Waals surface area contributed by atoms with Crippen LogP contribution in [-0.4, -0.2) is 33.4 Å². The molecular weight excluding hydrogens is 391 g/mol. The van der Waals surface area contributed by atoms with Gasteiger partial charge in [-0.15, -0.1) is 0 Å². The highest BCUT2D eigenvalue weighted by Crippen LogP contribution is 2.38. The minimum absolute atomic E-state index is 0.0700. The molecule has 140 valence electrons. The van der Waals surface area contributed by atoms with E-state index in [2.05, 4.69) is 0 Å². The lowest BCUT2D eigenvalue weighted by Gasteiger charge is -2.29. The Kier molecular flexibility index (Phi) is 5.79. The molecule has 0 aliphatic carbocycles. The molecule has 0 fully saturated rings. The Hall–Kier alpha value is -2.41. The monoisotopic (exact) mass is 406 g/mol. The van der Waals surface area contributed by atoms with E-state index in [4.69, 9.17) is 23.2 Å². The van der Waals surface area contributed by atoms with Crippen LogP contribution in [0.3, 0.4) is 0 Å². The average molecular weight is 407 g/mol. The molecule has 2 unspecified atom stereocenters. The first-order valence-corrected chi connectivity index (χ1v) is 8.98. The molecule has 1 aliphatic heterocycles. The first-order chi connectivity index (χ1) is 12.9. The van der Waals surface area contributed by atoms with Crippen LogP contribution in [0.5, 0.6) is 0 Å². The molecule has 1 heterocycles. The summed E-state index contributed by atoms with van der Waals surface area (Å²) in [6, 6.07) is 14.2. The zero-order chi connectivity index (χ0) is 19.6. The van der Waals surface area contributed by atoms with Crippen LogP contribution in [0, 0.1) is 10.1 Å². The summed E-state index contributed by atoms with van der Waals surface area (Å²) in [4.78, 5) is 24.2. The summed E-state index contributed by atoms with van der Waals surface area (Å²) in [6.07, 6.45) is -0.584. The van der Waals surface area contributed by atoms with Gasteiger partial charge in [0.2, 0.25) is 0 Å². The lowest BCUT2D eigenvalue weighted by atomic mass is 10.0. The zero-order valence-corrected chi connectivity index (χ0v) is 15.6. The number of rotatable bonds is 6. The quantitative estimate of drug-likeness (QED) is 0.584. The highest BCUT2D eigenvalue weighted by molar-refractivity contribution is 6.49. The Balaban J connectivity index is 1.82. The predicted octanol–water partition coefficient (Wildman–Crippen LogP) is 3.77. The molecule has 0 aromatic heterocycles. The first-order valence-electron chi connectivity index (χ1n) is 8.22. The van der Waals surface area contributed by atoms with Crippen molar-refractivity contribution in [3.8, 4) is 0 Å². The fraction of sp³-hybridized carbons (Fsp3) is 0.211. The maximum Gasteiger partial charge on any atom is 0.269 e. The molecule has 2 atom stereocenters. The van der Waals surface area contributed by atoms with Crippen LogP contribution in [0.1, 0.15) is 17.2 Å². The molecule has 1 N–H and O–H groups in total. The van der Waals surface area contributed by atoms with E-state index in [0.29, 0.717) is 18.5 Å². The van der Waals surface area contributed by atoms with Crippen LogP contribution in [-0.2, 0) is 11.2 Å². The van der Waals surface area contributed by atoms with Gasteiger partial charge in [0.1, 0.15) is 11.1 Å². The molecule has 1 aliphatic rings. The van der Waals surface area contributed by atoms with E-state index in [1.165, 1.54) is 29.2 Å². The molecule has 0 spiro atoms. The molecule has 2 aromatic carbocycles. The van der Waals surface area contributed by atoms with Gasteiger partial charge in [0.05, 0.1) is 16.0 Å². The summed E-state index contributed by atoms with van der Waals surface area (Å²) in [5, 5.41) is 21.5. The van der Waals surface area contributed by atoms with Crippen molar-refractivity contribution in [1.29, 1.82) is 0 Å². The minimum atomic E-state index is -1.16. The van der Waals surface area contributed by atoms with Gasteiger partial charge < -0.3 is 10.0 Å². The van der Waals surface area contributed by atoms with Gasteiger partial charge in [0, 0.05) is 18.7 Å². The van der Waals surface area contributed by atoms with E-state index in [0.717, 1.165) is 5.56 Å². The highest BCUT2D eigenvalue weighted by Gasteiger charge is 2.42. The Bertz CT molecular complexity index is 884. The number of non-ortho nitro benzene ring substituents is 1. The number of hydrogen-bond acceptors (Lipinski definition) is 4. The minimum Gasteiger partial charge on any atom is -0.386 e. The number of carbonyl (C=O) groups excluding carboxylic acids is 1. The number of carbonyl (C=O) groups is 1. The molecule has 2 aromatic rings. The number of aliphatic hydroxyl groups is 1. The maximum atomic E-state index is 12.5. The summed E-state index contributed by atoms with van der Waals surface area (Å²) in [5.41, 5.74) is 1.36. The van der Waals surface area contributed by atoms with Crippen LogP contribution in [0.15, 0.2) is 64.7 Å². The number of amides is 1. The largest absolute Gasteiger partial charge is 0.386 e. The predicted molar refractivity (Wildman–Crippen MR) is 102 cm³/mol. The molecule has 3 rings (SSSR count). The molecule has 27 heavy (non-hydrogen) atoms. The molecule has 0 radical (unpaired) electrons. The Morgan fingerprint density at radius 3 is 2.33 bits per heavy atom. The average Bonchev–Trinajstić information content (AvgIpc) is 2.90. The second kappa shape index (κ2) is 8.08.